The summed E-state index contributed by atoms with van der Waals surface area (Å²) in [7, 11) is 0. The molecule has 1 aliphatic heterocycles. The molecular formula is C23H25FN4O3. The van der Waals surface area contributed by atoms with E-state index in [1.54, 1.807) is 24.0 Å². The number of nitrogens with one attached hydrogen (secondary N) is 2. The average molecular weight is 424 g/mol. The van der Waals surface area contributed by atoms with Crippen molar-refractivity contribution in [1.82, 2.24) is 20.5 Å². The lowest BCUT2D eigenvalue weighted by molar-refractivity contribution is 0.0952. The number of fused-ring (bicyclic) bond motifs is 1. The zero-order valence-corrected chi connectivity index (χ0v) is 17.4. The van der Waals surface area contributed by atoms with E-state index in [4.69, 9.17) is 4.42 Å². The molecule has 0 radical (unpaired) electrons. The zero-order chi connectivity index (χ0) is 21.8. The quantitative estimate of drug-likeness (QED) is 0.613. The molecule has 0 saturated carbocycles. The van der Waals surface area contributed by atoms with Gasteiger partial charge in [0.15, 0.2) is 11.5 Å². The van der Waals surface area contributed by atoms with E-state index in [9.17, 15) is 14.0 Å². The van der Waals surface area contributed by atoms with Gasteiger partial charge in [0.05, 0.1) is 5.92 Å². The van der Waals surface area contributed by atoms with E-state index in [0.29, 0.717) is 24.5 Å². The fourth-order valence-electron chi connectivity index (χ4n) is 3.72. The van der Waals surface area contributed by atoms with Crippen molar-refractivity contribution in [3.8, 4) is 0 Å². The summed E-state index contributed by atoms with van der Waals surface area (Å²) in [4.78, 5) is 31.0. The number of oxazole rings is 1. The van der Waals surface area contributed by atoms with Crippen LogP contribution >= 0.6 is 0 Å². The lowest BCUT2D eigenvalue weighted by Gasteiger charge is -2.31. The third kappa shape index (κ3) is 4.84. The van der Waals surface area contributed by atoms with Crippen molar-refractivity contribution in [2.24, 2.45) is 0 Å². The Kier molecular flexibility index (Phi) is 6.16. The van der Waals surface area contributed by atoms with E-state index in [-0.39, 0.29) is 36.5 Å². The molecular weight excluding hydrogens is 399 g/mol. The van der Waals surface area contributed by atoms with Crippen molar-refractivity contribution >= 4 is 23.0 Å². The summed E-state index contributed by atoms with van der Waals surface area (Å²) in [6.07, 6.45) is 1.78. The summed E-state index contributed by atoms with van der Waals surface area (Å²) in [5, 5.41) is 5.52. The molecule has 31 heavy (non-hydrogen) atoms. The Bertz CT molecular complexity index is 1060. The van der Waals surface area contributed by atoms with E-state index in [1.165, 1.54) is 6.07 Å². The minimum atomic E-state index is -0.417. The molecule has 1 fully saturated rings. The third-order valence-corrected chi connectivity index (χ3v) is 5.49. The summed E-state index contributed by atoms with van der Waals surface area (Å²) in [6.45, 7) is 3.37. The summed E-state index contributed by atoms with van der Waals surface area (Å²) in [5.74, 6) is -0.0685. The second-order valence-corrected chi connectivity index (χ2v) is 7.76. The lowest BCUT2D eigenvalue weighted by atomic mass is 9.98. The number of para-hydroxylation sites is 2. The first kappa shape index (κ1) is 20.8. The minimum Gasteiger partial charge on any atom is -0.440 e. The first-order valence-corrected chi connectivity index (χ1v) is 10.4. The molecule has 1 aromatic heterocycles. The Labute approximate surface area is 179 Å². The first-order valence-electron chi connectivity index (χ1n) is 10.4. The van der Waals surface area contributed by atoms with Gasteiger partial charge in [0, 0.05) is 31.7 Å². The summed E-state index contributed by atoms with van der Waals surface area (Å²) < 4.78 is 19.5. The second kappa shape index (κ2) is 9.16. The van der Waals surface area contributed by atoms with E-state index in [1.807, 2.05) is 24.3 Å². The first-order chi connectivity index (χ1) is 15.0. The van der Waals surface area contributed by atoms with E-state index < -0.39 is 5.82 Å². The van der Waals surface area contributed by atoms with Crippen molar-refractivity contribution in [2.75, 3.05) is 26.2 Å². The molecule has 1 saturated heterocycles. The molecule has 7 nitrogen and oxygen atoms in total. The molecule has 1 unspecified atom stereocenters. The van der Waals surface area contributed by atoms with Gasteiger partial charge in [-0.1, -0.05) is 18.2 Å². The maximum atomic E-state index is 13.6. The fourth-order valence-corrected chi connectivity index (χ4v) is 3.72. The number of nitrogens with zero attached hydrogens (tertiary/aromatic N) is 2. The molecule has 0 spiro atoms. The molecule has 3 aromatic rings. The third-order valence-electron chi connectivity index (χ3n) is 5.49. The molecule has 1 atom stereocenters. The maximum Gasteiger partial charge on any atom is 0.317 e. The van der Waals surface area contributed by atoms with Gasteiger partial charge in [-0.15, -0.1) is 0 Å². The van der Waals surface area contributed by atoms with Crippen LogP contribution in [0.4, 0.5) is 9.18 Å². The number of aryl methyl sites for hydroxylation is 1. The predicted octanol–water partition coefficient (Wildman–Crippen LogP) is 3.59. The molecule has 2 N–H and O–H groups in total. The number of carbonyl (C=O) groups excluding carboxylic acids is 2. The van der Waals surface area contributed by atoms with Crippen LogP contribution in [0.25, 0.3) is 11.1 Å². The van der Waals surface area contributed by atoms with Gasteiger partial charge in [-0.05, 0) is 49.6 Å². The normalized spacial score (nSPS) is 16.3. The zero-order valence-electron chi connectivity index (χ0n) is 17.4. The SMILES string of the molecule is Cc1ccc(C(=O)NCCNC(=O)N2CCCC(c3nc4ccccc4o3)C2)cc1F. The van der Waals surface area contributed by atoms with Crippen LogP contribution in [0.2, 0.25) is 0 Å². The van der Waals surface area contributed by atoms with E-state index in [2.05, 4.69) is 15.6 Å². The number of likely N-dealkylation sites (tertiary alicyclic amines) is 1. The second-order valence-electron chi connectivity index (χ2n) is 7.76. The van der Waals surface area contributed by atoms with Crippen LogP contribution in [0, 0.1) is 12.7 Å². The summed E-state index contributed by atoms with van der Waals surface area (Å²) in [6, 6.07) is 11.8. The highest BCUT2D eigenvalue weighted by Crippen LogP contribution is 2.28. The Morgan fingerprint density at radius 1 is 1.19 bits per heavy atom. The monoisotopic (exact) mass is 424 g/mol. The van der Waals surface area contributed by atoms with Crippen molar-refractivity contribution in [1.29, 1.82) is 0 Å². The highest BCUT2D eigenvalue weighted by atomic mass is 19.1. The van der Waals surface area contributed by atoms with Gasteiger partial charge in [-0.2, -0.15) is 0 Å². The minimum absolute atomic E-state index is 0.0584. The van der Waals surface area contributed by atoms with Crippen molar-refractivity contribution in [2.45, 2.75) is 25.7 Å². The molecule has 0 bridgehead atoms. The van der Waals surface area contributed by atoms with E-state index in [0.717, 1.165) is 23.9 Å². The number of piperidine rings is 1. The Hall–Kier alpha value is -3.42. The number of hydrogen-bond donors (Lipinski definition) is 2. The van der Waals surface area contributed by atoms with Gasteiger partial charge in [0.2, 0.25) is 0 Å². The molecule has 2 heterocycles. The van der Waals surface area contributed by atoms with Gasteiger partial charge in [0.1, 0.15) is 11.3 Å². The molecule has 3 amide bonds. The van der Waals surface area contributed by atoms with Crippen LogP contribution in [0.5, 0.6) is 0 Å². The van der Waals surface area contributed by atoms with Crippen LogP contribution in [0.1, 0.15) is 40.6 Å². The average Bonchev–Trinajstić information content (AvgIpc) is 3.23. The van der Waals surface area contributed by atoms with Crippen LogP contribution in [-0.2, 0) is 0 Å². The van der Waals surface area contributed by atoms with Gasteiger partial charge in [-0.3, -0.25) is 4.79 Å². The maximum absolute atomic E-state index is 13.6. The molecule has 162 valence electrons. The number of halogens is 1. The lowest BCUT2D eigenvalue weighted by Crippen LogP contribution is -2.46. The smallest absolute Gasteiger partial charge is 0.317 e. The van der Waals surface area contributed by atoms with Crippen LogP contribution in [-0.4, -0.2) is 48.0 Å². The van der Waals surface area contributed by atoms with Crippen molar-refractivity contribution in [3.63, 3.8) is 0 Å². The van der Waals surface area contributed by atoms with Crippen molar-refractivity contribution < 1.29 is 18.4 Å². The van der Waals surface area contributed by atoms with Gasteiger partial charge in [-0.25, -0.2) is 14.2 Å². The van der Waals surface area contributed by atoms with Crippen LogP contribution in [0.15, 0.2) is 46.9 Å². The molecule has 0 aliphatic carbocycles. The summed E-state index contributed by atoms with van der Waals surface area (Å²) >= 11 is 0. The summed E-state index contributed by atoms with van der Waals surface area (Å²) in [5.41, 5.74) is 2.32. The predicted molar refractivity (Wildman–Crippen MR) is 114 cm³/mol. The highest BCUT2D eigenvalue weighted by Gasteiger charge is 2.28. The Morgan fingerprint density at radius 2 is 2.00 bits per heavy atom. The topological polar surface area (TPSA) is 87.5 Å². The largest absolute Gasteiger partial charge is 0.440 e. The fraction of sp³-hybridized carbons (Fsp3) is 0.348. The molecule has 8 heteroatoms. The number of benzene rings is 2. The molecule has 1 aliphatic rings. The van der Waals surface area contributed by atoms with Crippen LogP contribution < -0.4 is 10.6 Å². The van der Waals surface area contributed by atoms with Crippen molar-refractivity contribution in [3.05, 3.63) is 65.3 Å². The Morgan fingerprint density at radius 3 is 2.81 bits per heavy atom. The molecule has 2 aromatic carbocycles. The number of hydrogen-bond acceptors (Lipinski definition) is 4. The van der Waals surface area contributed by atoms with Gasteiger partial charge in [0.25, 0.3) is 5.91 Å². The number of aromatic nitrogens is 1. The van der Waals surface area contributed by atoms with E-state index >= 15 is 0 Å². The van der Waals surface area contributed by atoms with Crippen LogP contribution in [0.3, 0.4) is 0 Å². The van der Waals surface area contributed by atoms with Gasteiger partial charge < -0.3 is 20.0 Å². The molecule has 4 rings (SSSR count). The number of amides is 3. The number of carbonyl (C=O) groups is 2. The number of urea groups is 1. The van der Waals surface area contributed by atoms with Gasteiger partial charge >= 0.3 is 6.03 Å². The standard InChI is InChI=1S/C23H25FN4O3/c1-15-8-9-16(13-18(15)24)21(29)25-10-11-26-23(30)28-12-4-5-17(14-28)22-27-19-6-2-3-7-20(19)31-22/h2-3,6-9,13,17H,4-5,10-12,14H2,1H3,(H,25,29)(H,26,30). The number of rotatable bonds is 5. The Balaban J connectivity index is 1.25. The highest BCUT2D eigenvalue weighted by molar-refractivity contribution is 5.94.